The summed E-state index contributed by atoms with van der Waals surface area (Å²) in [4.78, 5) is 22.5. The summed E-state index contributed by atoms with van der Waals surface area (Å²) in [5.74, 6) is -1.69. The zero-order chi connectivity index (χ0) is 18.4. The van der Waals surface area contributed by atoms with E-state index in [1.54, 1.807) is 12.4 Å². The van der Waals surface area contributed by atoms with Gasteiger partial charge in [0.1, 0.15) is 0 Å². The molecular weight excluding hydrogens is 349 g/mol. The molecule has 0 atom stereocenters. The van der Waals surface area contributed by atoms with Crippen LogP contribution in [-0.2, 0) is 18.0 Å². The minimum absolute atomic E-state index is 0.239. The Hall–Kier alpha value is -2.97. The third-order valence-corrected chi connectivity index (χ3v) is 4.62. The van der Waals surface area contributed by atoms with Crippen LogP contribution in [0.1, 0.15) is 29.9 Å². The molecule has 26 heavy (non-hydrogen) atoms. The first-order valence-corrected chi connectivity index (χ1v) is 7.91. The van der Waals surface area contributed by atoms with Crippen molar-refractivity contribution in [2.45, 2.75) is 30.9 Å². The second-order valence-electron chi connectivity index (χ2n) is 6.32. The molecule has 0 unspecified atom stereocenters. The van der Waals surface area contributed by atoms with Gasteiger partial charge in [0.25, 0.3) is 5.56 Å². The van der Waals surface area contributed by atoms with Crippen LogP contribution in [0.15, 0.2) is 46.1 Å². The lowest BCUT2D eigenvalue weighted by atomic mass is 9.88. The lowest BCUT2D eigenvalue weighted by molar-refractivity contribution is -0.159. The molecule has 4 rings (SSSR count). The zero-order valence-electron chi connectivity index (χ0n) is 13.4. The standard InChI is InChI=1S/C17H13F3N4O2/c18-17(19,20)15-23-13(24-26-15)11-3-7-22-14(25)12(11)8-16(4-5-16)10-2-1-6-21-9-10/h1-3,6-7,9H,4-5,8H2,(H,22,25). The molecular formula is C17H13F3N4O2. The third kappa shape index (κ3) is 2.89. The van der Waals surface area contributed by atoms with E-state index in [1.165, 1.54) is 12.3 Å². The quantitative estimate of drug-likeness (QED) is 0.771. The molecule has 134 valence electrons. The molecule has 1 fully saturated rings. The van der Waals surface area contributed by atoms with Crippen molar-refractivity contribution < 1.29 is 17.7 Å². The van der Waals surface area contributed by atoms with E-state index in [-0.39, 0.29) is 22.4 Å². The van der Waals surface area contributed by atoms with Crippen molar-refractivity contribution >= 4 is 0 Å². The van der Waals surface area contributed by atoms with Crippen molar-refractivity contribution in [2.75, 3.05) is 0 Å². The summed E-state index contributed by atoms with van der Waals surface area (Å²) < 4.78 is 42.5. The van der Waals surface area contributed by atoms with Gasteiger partial charge in [0.15, 0.2) is 0 Å². The Labute approximate surface area is 145 Å². The molecule has 1 N–H and O–H groups in total. The number of hydrogen-bond acceptors (Lipinski definition) is 5. The maximum atomic E-state index is 12.7. The summed E-state index contributed by atoms with van der Waals surface area (Å²) in [7, 11) is 0. The monoisotopic (exact) mass is 362 g/mol. The molecule has 3 aromatic rings. The van der Waals surface area contributed by atoms with Gasteiger partial charge in [-0.2, -0.15) is 18.2 Å². The van der Waals surface area contributed by atoms with Gasteiger partial charge in [0.2, 0.25) is 5.82 Å². The molecule has 3 aromatic heterocycles. The maximum Gasteiger partial charge on any atom is 0.471 e. The van der Waals surface area contributed by atoms with Gasteiger partial charge in [-0.15, -0.1) is 0 Å². The van der Waals surface area contributed by atoms with Crippen molar-refractivity contribution in [3.8, 4) is 11.4 Å². The number of nitrogens with one attached hydrogen (secondary N) is 1. The predicted molar refractivity (Wildman–Crippen MR) is 84.2 cm³/mol. The molecule has 0 radical (unpaired) electrons. The van der Waals surface area contributed by atoms with E-state index >= 15 is 0 Å². The van der Waals surface area contributed by atoms with Gasteiger partial charge < -0.3 is 9.51 Å². The number of pyridine rings is 2. The number of rotatable bonds is 4. The molecule has 1 aliphatic carbocycles. The second kappa shape index (κ2) is 5.79. The Balaban J connectivity index is 1.74. The van der Waals surface area contributed by atoms with E-state index in [9.17, 15) is 18.0 Å². The van der Waals surface area contributed by atoms with Crippen molar-refractivity contribution in [3.05, 3.63) is 64.2 Å². The summed E-state index contributed by atoms with van der Waals surface area (Å²) >= 11 is 0. The highest BCUT2D eigenvalue weighted by molar-refractivity contribution is 5.59. The van der Waals surface area contributed by atoms with Crippen molar-refractivity contribution in [1.82, 2.24) is 20.1 Å². The van der Waals surface area contributed by atoms with Crippen LogP contribution < -0.4 is 5.56 Å². The molecule has 0 spiro atoms. The fourth-order valence-corrected chi connectivity index (χ4v) is 3.08. The van der Waals surface area contributed by atoms with Gasteiger partial charge >= 0.3 is 12.1 Å². The summed E-state index contributed by atoms with van der Waals surface area (Å²) in [6.45, 7) is 0. The van der Waals surface area contributed by atoms with Gasteiger partial charge in [-0.3, -0.25) is 9.78 Å². The normalized spacial score (nSPS) is 15.8. The Kier molecular flexibility index (Phi) is 3.67. The third-order valence-electron chi connectivity index (χ3n) is 4.62. The highest BCUT2D eigenvalue weighted by atomic mass is 19.4. The minimum atomic E-state index is -4.74. The number of aromatic amines is 1. The summed E-state index contributed by atoms with van der Waals surface area (Å²) in [6, 6.07) is 5.24. The fraction of sp³-hybridized carbons (Fsp3) is 0.294. The molecule has 0 aliphatic heterocycles. The van der Waals surface area contributed by atoms with Crippen molar-refractivity contribution in [1.29, 1.82) is 0 Å². The maximum absolute atomic E-state index is 12.7. The van der Waals surface area contributed by atoms with Crippen LogP contribution in [0.25, 0.3) is 11.4 Å². The van der Waals surface area contributed by atoms with E-state index < -0.39 is 12.1 Å². The SMILES string of the molecule is O=c1[nH]ccc(-c2noc(C(F)(F)F)n2)c1CC1(c2cccnc2)CC1. The van der Waals surface area contributed by atoms with Gasteiger partial charge in [0, 0.05) is 35.1 Å². The first-order chi connectivity index (χ1) is 12.4. The Morgan fingerprint density at radius 2 is 2.08 bits per heavy atom. The zero-order valence-corrected chi connectivity index (χ0v) is 13.4. The number of halogens is 3. The lowest BCUT2D eigenvalue weighted by Crippen LogP contribution is -2.20. The lowest BCUT2D eigenvalue weighted by Gasteiger charge is -2.16. The smallest absolute Gasteiger partial charge is 0.329 e. The number of hydrogen-bond donors (Lipinski definition) is 1. The van der Waals surface area contributed by atoms with Gasteiger partial charge in [-0.05, 0) is 37.0 Å². The fourth-order valence-electron chi connectivity index (χ4n) is 3.08. The number of alkyl halides is 3. The first-order valence-electron chi connectivity index (χ1n) is 7.91. The van der Waals surface area contributed by atoms with Crippen LogP contribution in [-0.4, -0.2) is 20.1 Å². The van der Waals surface area contributed by atoms with E-state index in [0.717, 1.165) is 18.4 Å². The van der Waals surface area contributed by atoms with E-state index in [1.807, 2.05) is 12.1 Å². The predicted octanol–water partition coefficient (Wildman–Crippen LogP) is 3.11. The summed E-state index contributed by atoms with van der Waals surface area (Å²) in [6.07, 6.45) is 2.13. The van der Waals surface area contributed by atoms with Crippen LogP contribution in [0.5, 0.6) is 0 Å². The minimum Gasteiger partial charge on any atom is -0.329 e. The van der Waals surface area contributed by atoms with Crippen LogP contribution in [0.2, 0.25) is 0 Å². The number of nitrogens with zero attached hydrogens (tertiary/aromatic N) is 3. The van der Waals surface area contributed by atoms with E-state index in [0.29, 0.717) is 12.0 Å². The molecule has 9 heteroatoms. The molecule has 3 heterocycles. The van der Waals surface area contributed by atoms with Gasteiger partial charge in [-0.25, -0.2) is 0 Å². The largest absolute Gasteiger partial charge is 0.471 e. The highest BCUT2D eigenvalue weighted by Gasteiger charge is 2.45. The molecule has 1 aliphatic rings. The topological polar surface area (TPSA) is 84.7 Å². The van der Waals surface area contributed by atoms with Crippen LogP contribution in [0.3, 0.4) is 0 Å². The number of aromatic nitrogens is 4. The second-order valence-corrected chi connectivity index (χ2v) is 6.32. The highest BCUT2D eigenvalue weighted by Crippen LogP contribution is 2.50. The molecule has 0 saturated heterocycles. The average Bonchev–Trinajstić information content (AvgIpc) is 3.22. The summed E-state index contributed by atoms with van der Waals surface area (Å²) in [5.41, 5.74) is 0.953. The Morgan fingerprint density at radius 1 is 1.27 bits per heavy atom. The Bertz CT molecular complexity index is 991. The molecule has 6 nitrogen and oxygen atoms in total. The average molecular weight is 362 g/mol. The molecule has 0 bridgehead atoms. The van der Waals surface area contributed by atoms with Crippen molar-refractivity contribution in [2.24, 2.45) is 0 Å². The van der Waals surface area contributed by atoms with E-state index in [2.05, 4.69) is 24.6 Å². The molecule has 0 amide bonds. The van der Waals surface area contributed by atoms with Crippen LogP contribution >= 0.6 is 0 Å². The van der Waals surface area contributed by atoms with E-state index in [4.69, 9.17) is 0 Å². The molecule has 0 aromatic carbocycles. The molecule has 1 saturated carbocycles. The Morgan fingerprint density at radius 3 is 2.69 bits per heavy atom. The van der Waals surface area contributed by atoms with Gasteiger partial charge in [-0.1, -0.05) is 11.2 Å². The first kappa shape index (κ1) is 16.5. The number of H-pyrrole nitrogens is 1. The van der Waals surface area contributed by atoms with Crippen LogP contribution in [0.4, 0.5) is 13.2 Å². The van der Waals surface area contributed by atoms with Crippen molar-refractivity contribution in [3.63, 3.8) is 0 Å². The summed E-state index contributed by atoms with van der Waals surface area (Å²) in [5, 5.41) is 3.41. The van der Waals surface area contributed by atoms with Gasteiger partial charge in [0.05, 0.1) is 0 Å². The van der Waals surface area contributed by atoms with Crippen LogP contribution in [0, 0.1) is 0 Å².